The average Bonchev–Trinajstić information content (AvgIpc) is 3.53. The van der Waals surface area contributed by atoms with E-state index in [1.54, 1.807) is 17.2 Å². The molecule has 1 atom stereocenters. The Bertz CT molecular complexity index is 1520. The molecule has 5 rings (SSSR count). The molecule has 12 heteroatoms. The van der Waals surface area contributed by atoms with Crippen LogP contribution in [-0.2, 0) is 26.1 Å². The number of benzene rings is 2. The van der Waals surface area contributed by atoms with Crippen molar-refractivity contribution in [2.24, 2.45) is 0 Å². The molecular formula is C30H41ClN4O5SSi. The van der Waals surface area contributed by atoms with Crippen LogP contribution in [0.3, 0.4) is 0 Å². The summed E-state index contributed by atoms with van der Waals surface area (Å²) in [6, 6.07) is 13.6. The van der Waals surface area contributed by atoms with E-state index in [4.69, 9.17) is 21.1 Å². The highest BCUT2D eigenvalue weighted by atomic mass is 35.5. The molecule has 1 aromatic heterocycles. The quantitative estimate of drug-likeness (QED) is 0.136. The second kappa shape index (κ2) is 12.3. The fourth-order valence-corrected chi connectivity index (χ4v) is 8.09. The molecule has 2 fully saturated rings. The average molecular weight is 633 g/mol. The molecule has 1 aliphatic heterocycles. The van der Waals surface area contributed by atoms with Gasteiger partial charge in [0, 0.05) is 38.7 Å². The highest BCUT2D eigenvalue weighted by Gasteiger charge is 2.49. The first-order valence-corrected chi connectivity index (χ1v) is 20.1. The Balaban J connectivity index is 1.35. The number of aromatic nitrogens is 2. The zero-order valence-corrected chi connectivity index (χ0v) is 27.5. The van der Waals surface area contributed by atoms with Gasteiger partial charge in [-0.1, -0.05) is 61.6 Å². The standard InChI is InChI=1S/C30H41ClN4O5SSi/c1-30(12-13-30)34(22-39-15-16-42(2,3)4)41(37,38)25-17-27(31)26-19-32-35(28(26)18-25)24-11-8-14-33(20-24)29(36)40-21-23-9-6-5-7-10-23/h5-7,9-10,17-19,24H,8,11-16,20-22H2,1-4H3. The molecule has 0 N–H and O–H groups in total. The van der Waals surface area contributed by atoms with Gasteiger partial charge in [0.15, 0.2) is 0 Å². The van der Waals surface area contributed by atoms with Gasteiger partial charge in [-0.15, -0.1) is 0 Å². The zero-order valence-electron chi connectivity index (χ0n) is 24.9. The van der Waals surface area contributed by atoms with E-state index >= 15 is 0 Å². The Hall–Kier alpha value is -2.44. The van der Waals surface area contributed by atoms with Crippen molar-refractivity contribution >= 4 is 46.7 Å². The van der Waals surface area contributed by atoms with Crippen molar-refractivity contribution in [3.8, 4) is 0 Å². The molecule has 2 aromatic carbocycles. The first-order valence-electron chi connectivity index (χ1n) is 14.6. The monoisotopic (exact) mass is 632 g/mol. The highest BCUT2D eigenvalue weighted by molar-refractivity contribution is 7.89. The smallest absolute Gasteiger partial charge is 0.410 e. The fourth-order valence-electron chi connectivity index (χ4n) is 5.25. The lowest BCUT2D eigenvalue weighted by atomic mass is 10.1. The predicted molar refractivity (Wildman–Crippen MR) is 167 cm³/mol. The van der Waals surface area contributed by atoms with Gasteiger partial charge in [-0.2, -0.15) is 9.40 Å². The van der Waals surface area contributed by atoms with Crippen molar-refractivity contribution in [1.29, 1.82) is 0 Å². The van der Waals surface area contributed by atoms with Gasteiger partial charge in [-0.3, -0.25) is 4.68 Å². The highest BCUT2D eigenvalue weighted by Crippen LogP contribution is 2.44. The van der Waals surface area contributed by atoms with Crippen LogP contribution in [0.5, 0.6) is 0 Å². The molecule has 9 nitrogen and oxygen atoms in total. The Morgan fingerprint density at radius 1 is 1.19 bits per heavy atom. The minimum absolute atomic E-state index is 0.0148. The third-order valence-electron chi connectivity index (χ3n) is 8.21. The van der Waals surface area contributed by atoms with Gasteiger partial charge in [0.25, 0.3) is 0 Å². The third kappa shape index (κ3) is 7.02. The molecule has 1 saturated heterocycles. The SMILES string of the molecule is CC1(N(COCC[Si](C)(C)C)S(=O)(=O)c2cc(Cl)c3cnn(C4CCCN(C(=O)OCc5ccccc5)C4)c3c2)CC1. The zero-order chi connectivity index (χ0) is 30.1. The van der Waals surface area contributed by atoms with Crippen LogP contribution in [0.25, 0.3) is 10.9 Å². The summed E-state index contributed by atoms with van der Waals surface area (Å²) < 4.78 is 42.9. The van der Waals surface area contributed by atoms with Crippen molar-refractivity contribution in [3.63, 3.8) is 0 Å². The molecular weight excluding hydrogens is 592 g/mol. The second-order valence-electron chi connectivity index (χ2n) is 12.9. The number of sulfonamides is 1. The molecule has 42 heavy (non-hydrogen) atoms. The molecule has 0 bridgehead atoms. The minimum atomic E-state index is -3.90. The van der Waals surface area contributed by atoms with Gasteiger partial charge in [0.2, 0.25) is 10.0 Å². The number of hydrogen-bond acceptors (Lipinski definition) is 6. The lowest BCUT2D eigenvalue weighted by Crippen LogP contribution is -2.42. The molecule has 228 valence electrons. The molecule has 2 aliphatic rings. The van der Waals surface area contributed by atoms with E-state index in [-0.39, 0.29) is 30.4 Å². The van der Waals surface area contributed by atoms with Crippen molar-refractivity contribution in [3.05, 3.63) is 59.2 Å². The molecule has 1 aliphatic carbocycles. The van der Waals surface area contributed by atoms with Gasteiger partial charge in [0.1, 0.15) is 13.3 Å². The second-order valence-corrected chi connectivity index (χ2v) is 20.8. The topological polar surface area (TPSA) is 94.0 Å². The van der Waals surface area contributed by atoms with Gasteiger partial charge in [0.05, 0.1) is 27.7 Å². The van der Waals surface area contributed by atoms with Gasteiger partial charge >= 0.3 is 6.09 Å². The van der Waals surface area contributed by atoms with Crippen LogP contribution in [0.2, 0.25) is 30.7 Å². The summed E-state index contributed by atoms with van der Waals surface area (Å²) >= 11 is 6.66. The number of rotatable bonds is 11. The van der Waals surface area contributed by atoms with E-state index in [1.165, 1.54) is 10.4 Å². The molecule has 0 radical (unpaired) electrons. The van der Waals surface area contributed by atoms with Crippen molar-refractivity contribution in [2.45, 2.75) is 81.4 Å². The van der Waals surface area contributed by atoms with E-state index in [0.717, 1.165) is 37.3 Å². The van der Waals surface area contributed by atoms with E-state index in [9.17, 15) is 13.2 Å². The lowest BCUT2D eigenvalue weighted by Gasteiger charge is -2.32. The Kier molecular flexibility index (Phi) is 9.06. The van der Waals surface area contributed by atoms with Gasteiger partial charge < -0.3 is 14.4 Å². The molecule has 1 amide bonds. The van der Waals surface area contributed by atoms with Crippen LogP contribution < -0.4 is 0 Å². The Morgan fingerprint density at radius 2 is 1.93 bits per heavy atom. The number of likely N-dealkylation sites (tertiary alicyclic amines) is 1. The summed E-state index contributed by atoms with van der Waals surface area (Å²) in [6.45, 7) is 10.5. The molecule has 2 heterocycles. The number of fused-ring (bicyclic) bond motifs is 1. The van der Waals surface area contributed by atoms with Crippen LogP contribution in [0.15, 0.2) is 53.6 Å². The number of amides is 1. The van der Waals surface area contributed by atoms with Crippen molar-refractivity contribution < 1.29 is 22.7 Å². The maximum absolute atomic E-state index is 14.0. The molecule has 3 aromatic rings. The summed E-state index contributed by atoms with van der Waals surface area (Å²) in [7, 11) is -5.21. The molecule has 1 unspecified atom stereocenters. The number of ether oxygens (including phenoxy) is 2. The number of carbonyl (C=O) groups excluding carboxylic acids is 1. The summed E-state index contributed by atoms with van der Waals surface area (Å²) in [4.78, 5) is 14.7. The molecule has 0 spiro atoms. The van der Waals surface area contributed by atoms with E-state index in [1.807, 2.05) is 41.9 Å². The summed E-state index contributed by atoms with van der Waals surface area (Å²) in [6.07, 6.45) is 4.44. The lowest BCUT2D eigenvalue weighted by molar-refractivity contribution is 0.0591. The van der Waals surface area contributed by atoms with Crippen LogP contribution >= 0.6 is 11.6 Å². The minimum Gasteiger partial charge on any atom is -0.445 e. The predicted octanol–water partition coefficient (Wildman–Crippen LogP) is 6.52. The third-order valence-corrected chi connectivity index (χ3v) is 12.2. The van der Waals surface area contributed by atoms with Crippen LogP contribution in [-0.4, -0.2) is 73.5 Å². The first kappa shape index (κ1) is 31.0. The van der Waals surface area contributed by atoms with Gasteiger partial charge in [-0.25, -0.2) is 13.2 Å². The van der Waals surface area contributed by atoms with Gasteiger partial charge in [-0.05, 0) is 56.3 Å². The number of nitrogens with zero attached hydrogens (tertiary/aromatic N) is 4. The number of carbonyl (C=O) groups is 1. The molecule has 1 saturated carbocycles. The van der Waals surface area contributed by atoms with Crippen molar-refractivity contribution in [2.75, 3.05) is 26.4 Å². The Morgan fingerprint density at radius 3 is 2.62 bits per heavy atom. The van der Waals surface area contributed by atoms with E-state index < -0.39 is 23.6 Å². The number of hydrogen-bond donors (Lipinski definition) is 0. The number of halogens is 1. The summed E-state index contributed by atoms with van der Waals surface area (Å²) in [5.74, 6) is 0. The maximum atomic E-state index is 14.0. The van der Waals surface area contributed by atoms with E-state index in [2.05, 4.69) is 24.7 Å². The normalized spacial score (nSPS) is 18.9. The first-order chi connectivity index (χ1) is 19.9. The van der Waals surface area contributed by atoms with Crippen molar-refractivity contribution in [1.82, 2.24) is 19.0 Å². The largest absolute Gasteiger partial charge is 0.445 e. The van der Waals surface area contributed by atoms with E-state index in [0.29, 0.717) is 35.6 Å². The van der Waals surface area contributed by atoms with Crippen LogP contribution in [0.1, 0.15) is 44.2 Å². The fraction of sp³-hybridized carbons (Fsp3) is 0.533. The maximum Gasteiger partial charge on any atom is 0.410 e. The summed E-state index contributed by atoms with van der Waals surface area (Å²) in [5, 5.41) is 5.61. The van der Waals surface area contributed by atoms with Crippen LogP contribution in [0, 0.1) is 0 Å². The number of piperidine rings is 1. The van der Waals surface area contributed by atoms with Crippen LogP contribution in [0.4, 0.5) is 4.79 Å². The summed E-state index contributed by atoms with van der Waals surface area (Å²) in [5.41, 5.74) is 1.09. The Labute approximate surface area is 254 Å².